The van der Waals surface area contributed by atoms with Crippen molar-refractivity contribution in [1.82, 2.24) is 4.98 Å². The molecule has 32 heavy (non-hydrogen) atoms. The fraction of sp³-hybridized carbons (Fsp3) is 0.238. The fourth-order valence-corrected chi connectivity index (χ4v) is 3.37. The van der Waals surface area contributed by atoms with Gasteiger partial charge in [-0.25, -0.2) is 9.38 Å². The molecule has 0 bridgehead atoms. The van der Waals surface area contributed by atoms with Gasteiger partial charge in [0.05, 0.1) is 0 Å². The van der Waals surface area contributed by atoms with Gasteiger partial charge in [0.25, 0.3) is 11.9 Å². The first-order valence-corrected chi connectivity index (χ1v) is 9.16. The van der Waals surface area contributed by atoms with E-state index in [4.69, 9.17) is 17.6 Å². The zero-order chi connectivity index (χ0) is 23.7. The van der Waals surface area contributed by atoms with Crippen LogP contribution in [0, 0.1) is 29.5 Å². The second-order valence-corrected chi connectivity index (χ2v) is 7.00. The number of aromatic nitrogens is 1. The largest absolute Gasteiger partial charge is 0.452 e. The van der Waals surface area contributed by atoms with Crippen LogP contribution in [0.2, 0.25) is 0 Å². The zero-order valence-electron chi connectivity index (χ0n) is 16.6. The third-order valence-electron chi connectivity index (χ3n) is 5.01. The number of anilines is 1. The number of carbonyl (C=O) groups is 1. The van der Waals surface area contributed by atoms with Gasteiger partial charge in [0.2, 0.25) is 6.10 Å². The molecule has 2 heterocycles. The smallest absolute Gasteiger partial charge is 0.425 e. The lowest BCUT2D eigenvalue weighted by molar-refractivity contribution is -0.221. The molecule has 1 aliphatic heterocycles. The molecular weight excluding hydrogens is 430 g/mol. The molecular formula is C21H17F4N5O2. The number of ether oxygens (including phenoxy) is 1. The number of amidine groups is 1. The summed E-state index contributed by atoms with van der Waals surface area (Å²) in [6, 6.07) is 5.31. The fourth-order valence-electron chi connectivity index (χ4n) is 3.37. The normalized spacial score (nSPS) is 22.8. The topological polar surface area (TPSA) is 113 Å². The third kappa shape index (κ3) is 4.12. The molecule has 1 aromatic heterocycles. The van der Waals surface area contributed by atoms with E-state index in [1.807, 2.05) is 0 Å². The molecule has 3 atom stereocenters. The molecule has 1 aromatic carbocycles. The second kappa shape index (κ2) is 8.30. The van der Waals surface area contributed by atoms with Gasteiger partial charge in [-0.3, -0.25) is 9.78 Å². The number of amides is 1. The van der Waals surface area contributed by atoms with E-state index in [1.165, 1.54) is 24.4 Å². The minimum atomic E-state index is -4.83. The maximum absolute atomic E-state index is 14.8. The van der Waals surface area contributed by atoms with Gasteiger partial charge in [0.15, 0.2) is 5.54 Å². The Morgan fingerprint density at radius 1 is 1.38 bits per heavy atom. The number of aliphatic imine (C=N–C) groups is 1. The SMILES string of the molecule is C#CC1(c2cc(NC(=O)c3ccc(C=N)cn3)ccc2F)N=C(N)OC(C(F)(F)F)C1C. The van der Waals surface area contributed by atoms with E-state index in [0.717, 1.165) is 25.3 Å². The Labute approximate surface area is 180 Å². The number of pyridine rings is 1. The van der Waals surface area contributed by atoms with Gasteiger partial charge in [0, 0.05) is 35.1 Å². The van der Waals surface area contributed by atoms with Crippen LogP contribution in [0.3, 0.4) is 0 Å². The van der Waals surface area contributed by atoms with Gasteiger partial charge in [-0.2, -0.15) is 13.2 Å². The summed E-state index contributed by atoms with van der Waals surface area (Å²) in [6.45, 7) is 1.13. The Morgan fingerprint density at radius 3 is 2.66 bits per heavy atom. The highest BCUT2D eigenvalue weighted by molar-refractivity contribution is 6.03. The van der Waals surface area contributed by atoms with Gasteiger partial charge in [-0.1, -0.05) is 12.8 Å². The molecule has 3 rings (SSSR count). The first-order chi connectivity index (χ1) is 15.0. The van der Waals surface area contributed by atoms with Gasteiger partial charge < -0.3 is 21.2 Å². The minimum Gasteiger partial charge on any atom is -0.452 e. The third-order valence-corrected chi connectivity index (χ3v) is 5.01. The van der Waals surface area contributed by atoms with Crippen LogP contribution >= 0.6 is 0 Å². The van der Waals surface area contributed by atoms with Crippen LogP contribution in [0.1, 0.15) is 28.5 Å². The van der Waals surface area contributed by atoms with Crippen molar-refractivity contribution >= 4 is 23.8 Å². The van der Waals surface area contributed by atoms with Crippen molar-refractivity contribution in [3.63, 3.8) is 0 Å². The molecule has 0 saturated carbocycles. The van der Waals surface area contributed by atoms with Gasteiger partial charge in [-0.05, 0) is 30.3 Å². The highest BCUT2D eigenvalue weighted by Gasteiger charge is 2.56. The molecule has 4 N–H and O–H groups in total. The number of rotatable bonds is 4. The monoisotopic (exact) mass is 447 g/mol. The minimum absolute atomic E-state index is 0.00646. The molecule has 0 saturated heterocycles. The molecule has 0 spiro atoms. The van der Waals surface area contributed by atoms with Crippen LogP contribution in [-0.2, 0) is 10.3 Å². The van der Waals surface area contributed by atoms with E-state index in [9.17, 15) is 22.4 Å². The number of hydrogen-bond acceptors (Lipinski definition) is 6. The number of terminal acetylenes is 1. The van der Waals surface area contributed by atoms with Crippen molar-refractivity contribution in [2.45, 2.75) is 24.7 Å². The number of hydrogen-bond donors (Lipinski definition) is 3. The molecule has 0 fully saturated rings. The molecule has 1 aliphatic rings. The summed E-state index contributed by atoms with van der Waals surface area (Å²) in [4.78, 5) is 20.2. The number of nitrogens with two attached hydrogens (primary N) is 1. The number of halogens is 4. The van der Waals surface area contributed by atoms with Crippen LogP contribution in [0.25, 0.3) is 0 Å². The average Bonchev–Trinajstić information content (AvgIpc) is 2.75. The van der Waals surface area contributed by atoms with E-state index in [0.29, 0.717) is 5.56 Å². The Kier molecular flexibility index (Phi) is 5.90. The van der Waals surface area contributed by atoms with Crippen molar-refractivity contribution in [3.05, 3.63) is 59.2 Å². The van der Waals surface area contributed by atoms with E-state index in [-0.39, 0.29) is 16.9 Å². The number of nitrogens with one attached hydrogen (secondary N) is 2. The molecule has 0 radical (unpaired) electrons. The standard InChI is InChI=1S/C21H17F4N5O2/c1-3-20(11(2)17(21(23,24)25)32-19(27)30-20)14-8-13(5-6-15(14)22)29-18(31)16-7-4-12(9-26)10-28-16/h1,4-11,17,26H,2H3,(H2,27,30)(H,29,31). The average molecular weight is 447 g/mol. The molecule has 2 aromatic rings. The van der Waals surface area contributed by atoms with Crippen LogP contribution < -0.4 is 11.1 Å². The van der Waals surface area contributed by atoms with E-state index in [2.05, 4.69) is 26.0 Å². The summed E-state index contributed by atoms with van der Waals surface area (Å²) in [5.74, 6) is -0.976. The Balaban J connectivity index is 2.01. The van der Waals surface area contributed by atoms with Crippen molar-refractivity contribution in [2.24, 2.45) is 16.6 Å². The summed E-state index contributed by atoms with van der Waals surface area (Å²) in [6.07, 6.45) is 0.663. The lowest BCUT2D eigenvalue weighted by Crippen LogP contribution is -2.53. The number of carbonyl (C=O) groups excluding carboxylic acids is 1. The van der Waals surface area contributed by atoms with Crippen molar-refractivity contribution < 1.29 is 27.1 Å². The van der Waals surface area contributed by atoms with Crippen LogP contribution in [0.5, 0.6) is 0 Å². The molecule has 1 amide bonds. The summed E-state index contributed by atoms with van der Waals surface area (Å²) in [5.41, 5.74) is 3.49. The van der Waals surface area contributed by atoms with Crippen molar-refractivity contribution in [3.8, 4) is 12.3 Å². The summed E-state index contributed by atoms with van der Waals surface area (Å²) >= 11 is 0. The van der Waals surface area contributed by atoms with Gasteiger partial charge in [0.1, 0.15) is 11.5 Å². The number of benzene rings is 1. The maximum atomic E-state index is 14.8. The van der Waals surface area contributed by atoms with Crippen molar-refractivity contribution in [1.29, 1.82) is 5.41 Å². The zero-order valence-corrected chi connectivity index (χ0v) is 16.6. The van der Waals surface area contributed by atoms with Crippen LogP contribution in [0.4, 0.5) is 23.2 Å². The molecule has 166 valence electrons. The predicted octanol–water partition coefficient (Wildman–Crippen LogP) is 3.21. The quantitative estimate of drug-likeness (QED) is 0.379. The lowest BCUT2D eigenvalue weighted by Gasteiger charge is -2.40. The van der Waals surface area contributed by atoms with Crippen LogP contribution in [0.15, 0.2) is 41.5 Å². The van der Waals surface area contributed by atoms with E-state index >= 15 is 0 Å². The van der Waals surface area contributed by atoms with Gasteiger partial charge in [-0.15, -0.1) is 6.42 Å². The molecule has 11 heteroatoms. The first-order valence-electron chi connectivity index (χ1n) is 9.16. The van der Waals surface area contributed by atoms with Gasteiger partial charge >= 0.3 is 6.18 Å². The van der Waals surface area contributed by atoms with E-state index < -0.39 is 41.5 Å². The molecule has 7 nitrogen and oxygen atoms in total. The Hall–Kier alpha value is -3.94. The highest BCUT2D eigenvalue weighted by atomic mass is 19.4. The Morgan fingerprint density at radius 2 is 2.09 bits per heavy atom. The Bertz CT molecular complexity index is 1120. The van der Waals surface area contributed by atoms with Crippen LogP contribution in [-0.4, -0.2) is 35.4 Å². The maximum Gasteiger partial charge on any atom is 0.425 e. The summed E-state index contributed by atoms with van der Waals surface area (Å²) in [5, 5.41) is 9.63. The lowest BCUT2D eigenvalue weighted by atomic mass is 9.75. The molecule has 0 aliphatic carbocycles. The first kappa shape index (κ1) is 22.7. The molecule has 3 unspecified atom stereocenters. The second-order valence-electron chi connectivity index (χ2n) is 7.00. The number of alkyl halides is 3. The summed E-state index contributed by atoms with van der Waals surface area (Å²) < 4.78 is 59.9. The summed E-state index contributed by atoms with van der Waals surface area (Å²) in [7, 11) is 0. The highest BCUT2D eigenvalue weighted by Crippen LogP contribution is 2.45. The predicted molar refractivity (Wildman–Crippen MR) is 109 cm³/mol. The van der Waals surface area contributed by atoms with E-state index in [1.54, 1.807) is 0 Å². The van der Waals surface area contributed by atoms with Crippen molar-refractivity contribution in [2.75, 3.05) is 5.32 Å². The number of nitrogens with zero attached hydrogens (tertiary/aromatic N) is 2.